The second-order valence-corrected chi connectivity index (χ2v) is 13.8. The standard InChI is InChI=1S/C36H64N2O9/c1-10-28(40)26(6)33-29(45-33)23-35(7,43)18-13-14-24(4)32-25(5)15-16-30(46-34(42)37-20-21-38(11-2)12-3)36(8,44-9)19-17-27(39)22-31(41)47-32/h13-16,18,25-33,39-41,43H,10-12,17,19-23H2,1-9H3,(H,37,42)/b16-15+,18-13+,24-14+. The van der Waals surface area contributed by atoms with Crippen LogP contribution < -0.4 is 5.32 Å². The Kier molecular flexibility index (Phi) is 17.0. The van der Waals surface area contributed by atoms with Gasteiger partial charge in [0.2, 0.25) is 0 Å². The van der Waals surface area contributed by atoms with Gasteiger partial charge in [0.05, 0.1) is 36.1 Å². The maximum Gasteiger partial charge on any atom is 0.407 e. The molecule has 2 heterocycles. The molecule has 0 radical (unpaired) electrons. The molecule has 1 saturated heterocycles. The molecule has 0 aromatic rings. The minimum absolute atomic E-state index is 0.00309. The number of rotatable bonds is 15. The van der Waals surface area contributed by atoms with Crippen LogP contribution >= 0.6 is 0 Å². The highest BCUT2D eigenvalue weighted by Crippen LogP contribution is 2.37. The summed E-state index contributed by atoms with van der Waals surface area (Å²) in [6, 6.07) is 0. The lowest BCUT2D eigenvalue weighted by Gasteiger charge is -2.36. The van der Waals surface area contributed by atoms with Crippen molar-refractivity contribution in [1.29, 1.82) is 0 Å². The number of carbonyl (C=O) groups is 1. The van der Waals surface area contributed by atoms with Crippen molar-refractivity contribution >= 4 is 6.09 Å². The molecule has 2 rings (SSSR count). The van der Waals surface area contributed by atoms with Gasteiger partial charge in [-0.3, -0.25) is 0 Å². The second-order valence-electron chi connectivity index (χ2n) is 13.8. The number of likely N-dealkylation sites (N-methyl/N-ethyl adjacent to an activating group) is 1. The summed E-state index contributed by atoms with van der Waals surface area (Å²) in [5.74, 6) is -0.264. The maximum absolute atomic E-state index is 12.9. The first-order chi connectivity index (χ1) is 22.1. The molecule has 11 heteroatoms. The fraction of sp³-hybridized carbons (Fsp3) is 0.806. The van der Waals surface area contributed by atoms with E-state index >= 15 is 0 Å². The Labute approximate surface area is 283 Å². The van der Waals surface area contributed by atoms with E-state index in [1.54, 1.807) is 32.3 Å². The van der Waals surface area contributed by atoms with E-state index < -0.39 is 48.0 Å². The fourth-order valence-corrected chi connectivity index (χ4v) is 6.14. The zero-order valence-electron chi connectivity index (χ0n) is 30.2. The molecule has 1 amide bonds. The number of ether oxygens (including phenoxy) is 4. The van der Waals surface area contributed by atoms with Gasteiger partial charge < -0.3 is 49.6 Å². The number of allylic oxidation sites excluding steroid dienone is 2. The normalized spacial score (nSPS) is 34.2. The van der Waals surface area contributed by atoms with Crippen LogP contribution in [0.4, 0.5) is 4.79 Å². The monoisotopic (exact) mass is 668 g/mol. The number of hydrogen-bond donors (Lipinski definition) is 5. The molecule has 0 bridgehead atoms. The predicted molar refractivity (Wildman–Crippen MR) is 183 cm³/mol. The van der Waals surface area contributed by atoms with Crippen molar-refractivity contribution in [2.45, 2.75) is 142 Å². The molecule has 1 fully saturated rings. The topological polar surface area (TPSA) is 153 Å². The molecular weight excluding hydrogens is 604 g/mol. The van der Waals surface area contributed by atoms with E-state index in [0.29, 0.717) is 38.8 Å². The first-order valence-corrected chi connectivity index (χ1v) is 17.4. The first kappa shape index (κ1) is 41.3. The van der Waals surface area contributed by atoms with Gasteiger partial charge in [-0.2, -0.15) is 0 Å². The number of nitrogens with one attached hydrogen (secondary N) is 1. The Morgan fingerprint density at radius 1 is 1.21 bits per heavy atom. The number of hydrogen-bond acceptors (Lipinski definition) is 10. The van der Waals surface area contributed by atoms with Crippen molar-refractivity contribution in [3.8, 4) is 0 Å². The maximum atomic E-state index is 12.9. The van der Waals surface area contributed by atoms with Gasteiger partial charge in [-0.25, -0.2) is 4.79 Å². The van der Waals surface area contributed by atoms with Crippen LogP contribution in [0.25, 0.3) is 0 Å². The van der Waals surface area contributed by atoms with Crippen LogP contribution in [0.1, 0.15) is 87.5 Å². The molecular formula is C36H64N2O9. The Balaban J connectivity index is 2.21. The molecule has 0 aliphatic carbocycles. The molecule has 0 spiro atoms. The van der Waals surface area contributed by atoms with Gasteiger partial charge >= 0.3 is 6.09 Å². The molecule has 47 heavy (non-hydrogen) atoms. The summed E-state index contributed by atoms with van der Waals surface area (Å²) in [5, 5.41) is 45.5. The number of methoxy groups -OCH3 is 1. The number of epoxide rings is 1. The highest BCUT2D eigenvalue weighted by atomic mass is 16.6. The highest BCUT2D eigenvalue weighted by molar-refractivity contribution is 5.67. The van der Waals surface area contributed by atoms with Gasteiger partial charge in [-0.05, 0) is 64.8 Å². The van der Waals surface area contributed by atoms with Crippen LogP contribution in [0, 0.1) is 11.8 Å². The summed E-state index contributed by atoms with van der Waals surface area (Å²) in [5.41, 5.74) is -1.26. The van der Waals surface area contributed by atoms with Crippen molar-refractivity contribution in [2.75, 3.05) is 33.3 Å². The summed E-state index contributed by atoms with van der Waals surface area (Å²) < 4.78 is 23.6. The fourth-order valence-electron chi connectivity index (χ4n) is 6.14. The summed E-state index contributed by atoms with van der Waals surface area (Å²) >= 11 is 0. The number of amides is 1. The highest BCUT2D eigenvalue weighted by Gasteiger charge is 2.47. The lowest BCUT2D eigenvalue weighted by molar-refractivity contribution is -0.153. The minimum Gasteiger partial charge on any atom is -0.439 e. The van der Waals surface area contributed by atoms with Crippen LogP contribution in [-0.2, 0) is 18.9 Å². The first-order valence-electron chi connectivity index (χ1n) is 17.4. The molecule has 2 aliphatic rings. The van der Waals surface area contributed by atoms with Gasteiger partial charge in [-0.1, -0.05) is 58.9 Å². The Morgan fingerprint density at radius 3 is 2.51 bits per heavy atom. The summed E-state index contributed by atoms with van der Waals surface area (Å²) in [6.45, 7) is 18.4. The van der Waals surface area contributed by atoms with E-state index in [-0.39, 0.29) is 30.5 Å². The van der Waals surface area contributed by atoms with E-state index in [1.165, 1.54) is 0 Å². The third-order valence-corrected chi connectivity index (χ3v) is 9.76. The number of nitrogens with zero attached hydrogens (tertiary/aromatic N) is 1. The third-order valence-electron chi connectivity index (χ3n) is 9.76. The van der Waals surface area contributed by atoms with Crippen LogP contribution in [0.3, 0.4) is 0 Å². The van der Waals surface area contributed by atoms with Crippen molar-refractivity contribution in [1.82, 2.24) is 10.2 Å². The summed E-state index contributed by atoms with van der Waals surface area (Å²) in [4.78, 5) is 15.1. The van der Waals surface area contributed by atoms with Gasteiger partial charge in [0, 0.05) is 44.9 Å². The summed E-state index contributed by atoms with van der Waals surface area (Å²) in [7, 11) is 1.56. The Hall–Kier alpha value is -1.83. The van der Waals surface area contributed by atoms with Gasteiger partial charge in [0.1, 0.15) is 5.60 Å². The second kappa shape index (κ2) is 19.4. The van der Waals surface area contributed by atoms with Crippen molar-refractivity contribution in [3.63, 3.8) is 0 Å². The van der Waals surface area contributed by atoms with Gasteiger partial charge in [0.15, 0.2) is 12.4 Å². The lowest BCUT2D eigenvalue weighted by atomic mass is 9.88. The largest absolute Gasteiger partial charge is 0.439 e. The average molecular weight is 669 g/mol. The van der Waals surface area contributed by atoms with Crippen LogP contribution in [0.2, 0.25) is 0 Å². The lowest BCUT2D eigenvalue weighted by Crippen LogP contribution is -2.46. The third kappa shape index (κ3) is 13.5. The molecule has 0 aromatic carbocycles. The summed E-state index contributed by atoms with van der Waals surface area (Å²) in [6.07, 6.45) is 6.19. The number of alkyl carbamates (subject to hydrolysis) is 1. The molecule has 11 unspecified atom stereocenters. The predicted octanol–water partition coefficient (Wildman–Crippen LogP) is 4.09. The SMILES string of the molecule is CCC(O)C(C)C1OC1CC(C)(O)/C=C/C=C(\C)C1OC(O)CC(O)CCC(C)(OC)C(OC(=O)NCCN(CC)CC)/C=C/C1C. The minimum atomic E-state index is -1.21. The van der Waals surface area contributed by atoms with E-state index in [2.05, 4.69) is 24.1 Å². The van der Waals surface area contributed by atoms with E-state index in [1.807, 2.05) is 46.8 Å². The number of aliphatic hydroxyl groups excluding tert-OH is 3. The van der Waals surface area contributed by atoms with Crippen molar-refractivity contribution < 1.29 is 44.2 Å². The number of aliphatic hydroxyl groups is 4. The van der Waals surface area contributed by atoms with Crippen LogP contribution in [0.15, 0.2) is 36.0 Å². The van der Waals surface area contributed by atoms with Crippen LogP contribution in [-0.4, -0.2) is 119 Å². The van der Waals surface area contributed by atoms with Crippen molar-refractivity contribution in [2.24, 2.45) is 11.8 Å². The zero-order chi connectivity index (χ0) is 35.4. The average Bonchev–Trinajstić information content (AvgIpc) is 3.79. The molecule has 0 aromatic heterocycles. The molecule has 272 valence electrons. The molecule has 11 atom stereocenters. The Bertz CT molecular complexity index is 1030. The quantitative estimate of drug-likeness (QED) is 0.0980. The van der Waals surface area contributed by atoms with Crippen LogP contribution in [0.5, 0.6) is 0 Å². The molecule has 11 nitrogen and oxygen atoms in total. The zero-order valence-corrected chi connectivity index (χ0v) is 30.2. The number of carbonyl (C=O) groups excluding carboxylic acids is 1. The smallest absolute Gasteiger partial charge is 0.407 e. The molecule has 2 aliphatic heterocycles. The Morgan fingerprint density at radius 2 is 1.89 bits per heavy atom. The van der Waals surface area contributed by atoms with Gasteiger partial charge in [0.25, 0.3) is 0 Å². The van der Waals surface area contributed by atoms with Gasteiger partial charge in [-0.15, -0.1) is 0 Å². The van der Waals surface area contributed by atoms with E-state index in [4.69, 9.17) is 18.9 Å². The molecule has 0 saturated carbocycles. The molecule has 5 N–H and O–H groups in total. The van der Waals surface area contributed by atoms with E-state index in [9.17, 15) is 25.2 Å². The van der Waals surface area contributed by atoms with Crippen molar-refractivity contribution in [3.05, 3.63) is 36.0 Å². The van der Waals surface area contributed by atoms with E-state index in [0.717, 1.165) is 18.7 Å².